The number of nitrogens with zero attached hydrogens (tertiary/aromatic N) is 1. The van der Waals surface area contributed by atoms with Crippen LogP contribution in [0.15, 0.2) is 77.9 Å². The Balaban J connectivity index is 1.48. The molecule has 7 heteroatoms. The quantitative estimate of drug-likeness (QED) is 0.265. The molecule has 3 aromatic rings. The highest BCUT2D eigenvalue weighted by Crippen LogP contribution is 2.17. The molecule has 1 N–H and O–H groups in total. The van der Waals surface area contributed by atoms with Gasteiger partial charge in [-0.3, -0.25) is 4.79 Å². The van der Waals surface area contributed by atoms with Gasteiger partial charge in [0.15, 0.2) is 6.61 Å². The van der Waals surface area contributed by atoms with Gasteiger partial charge in [-0.1, -0.05) is 35.9 Å². The Morgan fingerprint density at radius 2 is 1.77 bits per heavy atom. The van der Waals surface area contributed by atoms with Crippen molar-refractivity contribution in [3.63, 3.8) is 0 Å². The van der Waals surface area contributed by atoms with E-state index in [1.54, 1.807) is 60.7 Å². The Labute approximate surface area is 179 Å². The maximum absolute atomic E-state index is 12.2. The van der Waals surface area contributed by atoms with Gasteiger partial charge in [-0.2, -0.15) is 5.10 Å². The monoisotopic (exact) mass is 422 g/mol. The summed E-state index contributed by atoms with van der Waals surface area (Å²) in [4.78, 5) is 24.0. The minimum atomic E-state index is -0.415. The van der Waals surface area contributed by atoms with Crippen LogP contribution in [0.25, 0.3) is 0 Å². The zero-order valence-electron chi connectivity index (χ0n) is 16.2. The van der Waals surface area contributed by atoms with Crippen LogP contribution < -0.4 is 14.9 Å². The zero-order chi connectivity index (χ0) is 21.3. The SMILES string of the molecule is Cc1ccccc1C(=O)Oc1ccc(/C=N/NC(=O)COc2cccc(Cl)c2)cc1. The van der Waals surface area contributed by atoms with Gasteiger partial charge >= 0.3 is 5.97 Å². The molecule has 0 saturated heterocycles. The fraction of sp³-hybridized carbons (Fsp3) is 0.0870. The summed E-state index contributed by atoms with van der Waals surface area (Å²) in [6, 6.07) is 20.7. The second kappa shape index (κ2) is 10.2. The zero-order valence-corrected chi connectivity index (χ0v) is 16.9. The molecule has 0 aliphatic carbocycles. The largest absolute Gasteiger partial charge is 0.484 e. The second-order valence-electron chi connectivity index (χ2n) is 6.31. The third-order valence-corrected chi connectivity index (χ3v) is 4.26. The van der Waals surface area contributed by atoms with E-state index >= 15 is 0 Å². The van der Waals surface area contributed by atoms with Crippen LogP contribution in [0, 0.1) is 6.92 Å². The van der Waals surface area contributed by atoms with E-state index in [4.69, 9.17) is 21.1 Å². The van der Waals surface area contributed by atoms with Crippen LogP contribution in [-0.4, -0.2) is 24.7 Å². The van der Waals surface area contributed by atoms with Crippen LogP contribution in [0.4, 0.5) is 0 Å². The first-order chi connectivity index (χ1) is 14.5. The first kappa shape index (κ1) is 21.1. The lowest BCUT2D eigenvalue weighted by molar-refractivity contribution is -0.123. The molecule has 6 nitrogen and oxygen atoms in total. The molecule has 0 bridgehead atoms. The van der Waals surface area contributed by atoms with Crippen molar-refractivity contribution < 1.29 is 19.1 Å². The minimum Gasteiger partial charge on any atom is -0.484 e. The Kier molecular flexibility index (Phi) is 7.19. The number of hydrogen-bond donors (Lipinski definition) is 1. The molecule has 0 atom stereocenters. The standard InChI is InChI=1S/C23H19ClN2O4/c1-16-5-2-3-8-21(16)23(28)30-19-11-9-17(10-12-19)14-25-26-22(27)15-29-20-7-4-6-18(24)13-20/h2-14H,15H2,1H3,(H,26,27)/b25-14+. The fourth-order valence-electron chi connectivity index (χ4n) is 2.50. The molecule has 0 aromatic heterocycles. The molecule has 0 heterocycles. The predicted octanol–water partition coefficient (Wildman–Crippen LogP) is 4.40. The molecule has 30 heavy (non-hydrogen) atoms. The van der Waals surface area contributed by atoms with Crippen molar-refractivity contribution in [2.45, 2.75) is 6.92 Å². The van der Waals surface area contributed by atoms with E-state index in [1.165, 1.54) is 6.21 Å². The molecule has 0 aliphatic heterocycles. The number of ether oxygens (including phenoxy) is 2. The van der Waals surface area contributed by atoms with Crippen molar-refractivity contribution in [2.75, 3.05) is 6.61 Å². The molecule has 0 saturated carbocycles. The highest BCUT2D eigenvalue weighted by molar-refractivity contribution is 6.30. The number of rotatable bonds is 7. The number of nitrogens with one attached hydrogen (secondary N) is 1. The number of halogens is 1. The topological polar surface area (TPSA) is 77.0 Å². The molecule has 0 spiro atoms. The highest BCUT2D eigenvalue weighted by Gasteiger charge is 2.10. The molecule has 3 rings (SSSR count). The maximum Gasteiger partial charge on any atom is 0.343 e. The van der Waals surface area contributed by atoms with Crippen LogP contribution in [0.5, 0.6) is 11.5 Å². The Morgan fingerprint density at radius 3 is 2.50 bits per heavy atom. The molecule has 0 aliphatic rings. The third-order valence-electron chi connectivity index (χ3n) is 4.02. The van der Waals surface area contributed by atoms with E-state index in [0.717, 1.165) is 11.1 Å². The van der Waals surface area contributed by atoms with Gasteiger partial charge in [-0.15, -0.1) is 0 Å². The van der Waals surface area contributed by atoms with Gasteiger partial charge in [0.05, 0.1) is 11.8 Å². The molecule has 152 valence electrons. The minimum absolute atomic E-state index is 0.189. The number of amides is 1. The number of aryl methyl sites for hydroxylation is 1. The van der Waals surface area contributed by atoms with Crippen LogP contribution >= 0.6 is 11.6 Å². The smallest absolute Gasteiger partial charge is 0.343 e. The molecular formula is C23H19ClN2O4. The van der Waals surface area contributed by atoms with Gasteiger partial charge in [0.1, 0.15) is 11.5 Å². The average Bonchev–Trinajstić information content (AvgIpc) is 2.74. The molecule has 0 fully saturated rings. The highest BCUT2D eigenvalue weighted by atomic mass is 35.5. The van der Waals surface area contributed by atoms with E-state index in [0.29, 0.717) is 22.1 Å². The van der Waals surface area contributed by atoms with Crippen molar-refractivity contribution in [3.05, 3.63) is 94.5 Å². The lowest BCUT2D eigenvalue weighted by Crippen LogP contribution is -2.24. The molecule has 3 aromatic carbocycles. The summed E-state index contributed by atoms with van der Waals surface area (Å²) < 4.78 is 10.7. The van der Waals surface area contributed by atoms with Crippen molar-refractivity contribution in [2.24, 2.45) is 5.10 Å². The van der Waals surface area contributed by atoms with E-state index in [2.05, 4.69) is 10.5 Å². The number of esters is 1. The summed E-state index contributed by atoms with van der Waals surface area (Å²) >= 11 is 5.86. The van der Waals surface area contributed by atoms with Gasteiger partial charge in [0.25, 0.3) is 5.91 Å². The Morgan fingerprint density at radius 1 is 1.00 bits per heavy atom. The number of carbonyl (C=O) groups excluding carboxylic acids is 2. The summed E-state index contributed by atoms with van der Waals surface area (Å²) in [6.45, 7) is 1.66. The third kappa shape index (κ3) is 6.18. The number of hydrazone groups is 1. The van der Waals surface area contributed by atoms with Gasteiger partial charge in [-0.05, 0) is 66.6 Å². The summed E-state index contributed by atoms with van der Waals surface area (Å²) in [5.74, 6) is 0.0910. The van der Waals surface area contributed by atoms with E-state index in [1.807, 2.05) is 19.1 Å². The summed E-state index contributed by atoms with van der Waals surface area (Å²) in [6.07, 6.45) is 1.48. The van der Waals surface area contributed by atoms with E-state index in [9.17, 15) is 9.59 Å². The first-order valence-corrected chi connectivity index (χ1v) is 9.47. The number of carbonyl (C=O) groups is 2. The second-order valence-corrected chi connectivity index (χ2v) is 6.75. The number of benzene rings is 3. The van der Waals surface area contributed by atoms with Crippen molar-refractivity contribution >= 4 is 29.7 Å². The van der Waals surface area contributed by atoms with Crippen LogP contribution in [0.1, 0.15) is 21.5 Å². The van der Waals surface area contributed by atoms with E-state index in [-0.39, 0.29) is 6.61 Å². The fourth-order valence-corrected chi connectivity index (χ4v) is 2.68. The molecule has 1 amide bonds. The Hall–Kier alpha value is -3.64. The van der Waals surface area contributed by atoms with Gasteiger partial charge in [-0.25, -0.2) is 10.2 Å². The molecular weight excluding hydrogens is 404 g/mol. The van der Waals surface area contributed by atoms with E-state index < -0.39 is 11.9 Å². The van der Waals surface area contributed by atoms with Crippen LogP contribution in [0.2, 0.25) is 5.02 Å². The summed E-state index contributed by atoms with van der Waals surface area (Å²) in [7, 11) is 0. The summed E-state index contributed by atoms with van der Waals surface area (Å²) in [5, 5.41) is 4.41. The lowest BCUT2D eigenvalue weighted by Gasteiger charge is -2.06. The van der Waals surface area contributed by atoms with Gasteiger partial charge in [0, 0.05) is 5.02 Å². The summed E-state index contributed by atoms with van der Waals surface area (Å²) in [5.41, 5.74) is 4.47. The van der Waals surface area contributed by atoms with Crippen molar-refractivity contribution in [3.8, 4) is 11.5 Å². The van der Waals surface area contributed by atoms with Gasteiger partial charge in [0.2, 0.25) is 0 Å². The first-order valence-electron chi connectivity index (χ1n) is 9.09. The number of hydrogen-bond acceptors (Lipinski definition) is 5. The normalized spacial score (nSPS) is 10.6. The lowest BCUT2D eigenvalue weighted by atomic mass is 10.1. The maximum atomic E-state index is 12.2. The van der Waals surface area contributed by atoms with Crippen molar-refractivity contribution in [1.82, 2.24) is 5.43 Å². The average molecular weight is 423 g/mol. The van der Waals surface area contributed by atoms with Gasteiger partial charge < -0.3 is 9.47 Å². The van der Waals surface area contributed by atoms with Crippen molar-refractivity contribution in [1.29, 1.82) is 0 Å². The molecule has 0 unspecified atom stereocenters. The Bertz CT molecular complexity index is 1060. The predicted molar refractivity (Wildman–Crippen MR) is 115 cm³/mol. The van der Waals surface area contributed by atoms with Crippen LogP contribution in [0.3, 0.4) is 0 Å². The van der Waals surface area contributed by atoms with Crippen LogP contribution in [-0.2, 0) is 4.79 Å². The molecule has 0 radical (unpaired) electrons.